The number of hydrogen-bond acceptors (Lipinski definition) is 3. The second-order valence-corrected chi connectivity index (χ2v) is 3.35. The summed E-state index contributed by atoms with van der Waals surface area (Å²) in [6.07, 6.45) is 4.64. The fourth-order valence-corrected chi connectivity index (χ4v) is 1.21. The molecule has 1 aromatic rings. The number of nitrogens with zero attached hydrogens (tertiary/aromatic N) is 1. The van der Waals surface area contributed by atoms with E-state index in [4.69, 9.17) is 4.74 Å². The van der Waals surface area contributed by atoms with Gasteiger partial charge < -0.3 is 9.30 Å². The fraction of sp³-hybridized carbons (Fsp3) is 0.333. The molecule has 0 unspecified atom stereocenters. The van der Waals surface area contributed by atoms with Crippen molar-refractivity contribution in [2.45, 2.75) is 20.4 Å². The fourth-order valence-electron chi connectivity index (χ4n) is 1.21. The average molecular weight is 221 g/mol. The van der Waals surface area contributed by atoms with Crippen LogP contribution in [0.25, 0.3) is 0 Å². The monoisotopic (exact) mass is 221 g/mol. The van der Waals surface area contributed by atoms with Crippen LogP contribution >= 0.6 is 0 Å². The second kappa shape index (κ2) is 5.90. The topological polar surface area (TPSA) is 48.3 Å². The number of ether oxygens (including phenoxy) is 1. The Hall–Kier alpha value is -1.84. The molecule has 1 heterocycles. The van der Waals surface area contributed by atoms with Crippen LogP contribution in [0, 0.1) is 6.92 Å². The summed E-state index contributed by atoms with van der Waals surface area (Å²) in [5.74, 6) is -0.386. The number of rotatable bonds is 4. The number of pyridine rings is 1. The summed E-state index contributed by atoms with van der Waals surface area (Å²) in [5, 5.41) is 0. The first kappa shape index (κ1) is 12.2. The van der Waals surface area contributed by atoms with Gasteiger partial charge in [0.2, 0.25) is 0 Å². The Bertz CT molecular complexity index is 446. The summed E-state index contributed by atoms with van der Waals surface area (Å²) in [6, 6.07) is 3.40. The van der Waals surface area contributed by atoms with E-state index in [-0.39, 0.29) is 11.5 Å². The van der Waals surface area contributed by atoms with Crippen molar-refractivity contribution in [3.05, 3.63) is 46.4 Å². The van der Waals surface area contributed by atoms with E-state index in [1.165, 1.54) is 10.6 Å². The Morgan fingerprint density at radius 1 is 1.56 bits per heavy atom. The largest absolute Gasteiger partial charge is 0.463 e. The van der Waals surface area contributed by atoms with Crippen LogP contribution in [0.3, 0.4) is 0 Å². The summed E-state index contributed by atoms with van der Waals surface area (Å²) in [7, 11) is 0. The van der Waals surface area contributed by atoms with Gasteiger partial charge in [0.1, 0.15) is 0 Å². The molecular weight excluding hydrogens is 206 g/mol. The molecule has 0 saturated heterocycles. The number of allylic oxidation sites excluding steroid dienone is 1. The van der Waals surface area contributed by atoms with Crippen molar-refractivity contribution in [3.63, 3.8) is 0 Å². The summed E-state index contributed by atoms with van der Waals surface area (Å²) in [5.41, 5.74) is 0.851. The van der Waals surface area contributed by atoms with Crippen molar-refractivity contribution < 1.29 is 9.53 Å². The van der Waals surface area contributed by atoms with E-state index >= 15 is 0 Å². The van der Waals surface area contributed by atoms with Crippen LogP contribution in [-0.2, 0) is 16.1 Å². The first-order valence-electron chi connectivity index (χ1n) is 5.14. The maximum atomic E-state index is 11.5. The Morgan fingerprint density at radius 3 is 2.94 bits per heavy atom. The lowest BCUT2D eigenvalue weighted by atomic mass is 10.3. The van der Waals surface area contributed by atoms with Gasteiger partial charge >= 0.3 is 5.97 Å². The summed E-state index contributed by atoms with van der Waals surface area (Å²) < 4.78 is 6.23. The molecule has 0 aliphatic rings. The summed E-state index contributed by atoms with van der Waals surface area (Å²) >= 11 is 0. The van der Waals surface area contributed by atoms with E-state index in [1.54, 1.807) is 25.3 Å². The third-order valence-corrected chi connectivity index (χ3v) is 1.99. The van der Waals surface area contributed by atoms with Crippen LogP contribution in [0.5, 0.6) is 0 Å². The van der Waals surface area contributed by atoms with Crippen LogP contribution in [-0.4, -0.2) is 17.1 Å². The van der Waals surface area contributed by atoms with E-state index in [0.29, 0.717) is 13.2 Å². The van der Waals surface area contributed by atoms with E-state index in [2.05, 4.69) is 0 Å². The number of carbonyl (C=O) groups excluding carboxylic acids is 1. The van der Waals surface area contributed by atoms with Gasteiger partial charge in [-0.05, 0) is 25.5 Å². The van der Waals surface area contributed by atoms with Crippen LogP contribution in [0.2, 0.25) is 0 Å². The zero-order chi connectivity index (χ0) is 12.0. The standard InChI is InChI=1S/C12H15NO3/c1-3-16-12(15)5-4-7-13-8-6-10(2)9-11(13)14/h4-6,8-9H,3,7H2,1-2H3/b5-4+. The minimum atomic E-state index is -0.386. The first-order chi connectivity index (χ1) is 7.63. The molecule has 0 bridgehead atoms. The molecule has 0 aliphatic heterocycles. The van der Waals surface area contributed by atoms with Gasteiger partial charge in [0.05, 0.1) is 6.61 Å². The quantitative estimate of drug-likeness (QED) is 0.568. The van der Waals surface area contributed by atoms with Crippen LogP contribution < -0.4 is 5.56 Å². The Balaban J connectivity index is 2.61. The van der Waals surface area contributed by atoms with E-state index in [1.807, 2.05) is 13.0 Å². The highest BCUT2D eigenvalue weighted by Crippen LogP contribution is 1.91. The zero-order valence-electron chi connectivity index (χ0n) is 9.47. The van der Waals surface area contributed by atoms with Crippen LogP contribution in [0.4, 0.5) is 0 Å². The van der Waals surface area contributed by atoms with Crippen molar-refractivity contribution in [3.8, 4) is 0 Å². The third kappa shape index (κ3) is 3.73. The zero-order valence-corrected chi connectivity index (χ0v) is 9.47. The normalized spacial score (nSPS) is 10.6. The van der Waals surface area contributed by atoms with Gasteiger partial charge in [-0.3, -0.25) is 4.79 Å². The number of aromatic nitrogens is 1. The van der Waals surface area contributed by atoms with Gasteiger partial charge in [-0.25, -0.2) is 4.79 Å². The van der Waals surface area contributed by atoms with E-state index in [0.717, 1.165) is 5.56 Å². The van der Waals surface area contributed by atoms with E-state index in [9.17, 15) is 9.59 Å². The van der Waals surface area contributed by atoms with Gasteiger partial charge in [0.15, 0.2) is 0 Å². The lowest BCUT2D eigenvalue weighted by molar-refractivity contribution is -0.137. The molecule has 16 heavy (non-hydrogen) atoms. The molecule has 0 N–H and O–H groups in total. The van der Waals surface area contributed by atoms with E-state index < -0.39 is 0 Å². The molecule has 1 aromatic heterocycles. The lowest BCUT2D eigenvalue weighted by Crippen LogP contribution is -2.17. The molecular formula is C12H15NO3. The Labute approximate surface area is 94.2 Å². The predicted octanol–water partition coefficient (Wildman–Crippen LogP) is 1.28. The van der Waals surface area contributed by atoms with Crippen molar-refractivity contribution in [2.24, 2.45) is 0 Å². The number of carbonyl (C=O) groups is 1. The van der Waals surface area contributed by atoms with Crippen molar-refractivity contribution in [2.75, 3.05) is 6.61 Å². The molecule has 0 radical (unpaired) electrons. The average Bonchev–Trinajstić information content (AvgIpc) is 2.22. The number of aryl methyl sites for hydroxylation is 1. The summed E-state index contributed by atoms with van der Waals surface area (Å²) in [6.45, 7) is 4.34. The number of esters is 1. The van der Waals surface area contributed by atoms with Gasteiger partial charge in [0, 0.05) is 24.9 Å². The smallest absolute Gasteiger partial charge is 0.330 e. The molecule has 4 nitrogen and oxygen atoms in total. The molecule has 86 valence electrons. The second-order valence-electron chi connectivity index (χ2n) is 3.35. The first-order valence-corrected chi connectivity index (χ1v) is 5.14. The predicted molar refractivity (Wildman–Crippen MR) is 61.2 cm³/mol. The minimum Gasteiger partial charge on any atom is -0.463 e. The minimum absolute atomic E-state index is 0.0755. The maximum absolute atomic E-state index is 11.5. The SMILES string of the molecule is CCOC(=O)/C=C/Cn1ccc(C)cc1=O. The van der Waals surface area contributed by atoms with Gasteiger partial charge in [-0.15, -0.1) is 0 Å². The molecule has 1 rings (SSSR count). The molecule has 0 aromatic carbocycles. The third-order valence-electron chi connectivity index (χ3n) is 1.99. The molecule has 0 amide bonds. The highest BCUT2D eigenvalue weighted by Gasteiger charge is 1.95. The van der Waals surface area contributed by atoms with Crippen molar-refractivity contribution >= 4 is 5.97 Å². The summed E-state index contributed by atoms with van der Waals surface area (Å²) in [4.78, 5) is 22.4. The van der Waals surface area contributed by atoms with Crippen molar-refractivity contribution in [1.82, 2.24) is 4.57 Å². The molecule has 4 heteroatoms. The Kier molecular flexibility index (Phi) is 4.51. The highest BCUT2D eigenvalue weighted by atomic mass is 16.5. The Morgan fingerprint density at radius 2 is 2.31 bits per heavy atom. The molecule has 0 atom stereocenters. The highest BCUT2D eigenvalue weighted by molar-refractivity contribution is 5.81. The number of hydrogen-bond donors (Lipinski definition) is 0. The van der Waals surface area contributed by atoms with Crippen LogP contribution in [0.15, 0.2) is 35.3 Å². The molecule has 0 fully saturated rings. The van der Waals surface area contributed by atoms with Gasteiger partial charge in [0.25, 0.3) is 5.56 Å². The lowest BCUT2D eigenvalue weighted by Gasteiger charge is -2.01. The molecule has 0 spiro atoms. The van der Waals surface area contributed by atoms with Crippen LogP contribution in [0.1, 0.15) is 12.5 Å². The van der Waals surface area contributed by atoms with Crippen molar-refractivity contribution in [1.29, 1.82) is 0 Å². The van der Waals surface area contributed by atoms with Gasteiger partial charge in [-0.1, -0.05) is 6.08 Å². The maximum Gasteiger partial charge on any atom is 0.330 e. The molecule has 0 aliphatic carbocycles. The van der Waals surface area contributed by atoms with Gasteiger partial charge in [-0.2, -0.15) is 0 Å². The molecule has 0 saturated carbocycles.